The number of nitrogens with zero attached hydrogens (tertiary/aromatic N) is 7. The van der Waals surface area contributed by atoms with E-state index in [9.17, 15) is 0 Å². The molecule has 0 aliphatic heterocycles. The van der Waals surface area contributed by atoms with E-state index in [0.29, 0.717) is 17.8 Å². The van der Waals surface area contributed by atoms with Gasteiger partial charge in [0.15, 0.2) is 0 Å². The van der Waals surface area contributed by atoms with Gasteiger partial charge in [0, 0.05) is 32.7 Å². The Kier molecular flexibility index (Phi) is 2.99. The Morgan fingerprint density at radius 1 is 1.10 bits per heavy atom. The lowest BCUT2D eigenvalue weighted by Crippen LogP contribution is -2.09. The number of nitrogens with one attached hydrogen (secondary N) is 2. The molecule has 0 aromatic carbocycles. The number of rotatable bonds is 4. The molecule has 3 rings (SSSR count). The fourth-order valence-corrected chi connectivity index (χ4v) is 1.64. The average Bonchev–Trinajstić information content (AvgIpc) is 3.10. The smallest absolute Gasteiger partial charge is 0.257 e. The number of aryl methyl sites for hydroxylation is 1. The molecular formula is C11H13N9. The number of aromatic nitrogens is 7. The fraction of sp³-hybridized carbons (Fsp3) is 0.182. The molecule has 0 radical (unpaired) electrons. The second kappa shape index (κ2) is 4.96. The van der Waals surface area contributed by atoms with Crippen LogP contribution in [0.25, 0.3) is 5.95 Å². The monoisotopic (exact) mass is 271 g/mol. The van der Waals surface area contributed by atoms with Gasteiger partial charge in [-0.2, -0.15) is 25.1 Å². The van der Waals surface area contributed by atoms with Gasteiger partial charge in [0.25, 0.3) is 5.95 Å². The Bertz CT molecular complexity index is 701. The third-order valence-corrected chi connectivity index (χ3v) is 2.52. The maximum Gasteiger partial charge on any atom is 0.257 e. The van der Waals surface area contributed by atoms with E-state index in [1.165, 1.54) is 0 Å². The first-order valence-corrected chi connectivity index (χ1v) is 5.94. The lowest BCUT2D eigenvalue weighted by molar-refractivity contribution is 0.768. The molecule has 0 saturated carbocycles. The largest absolute Gasteiger partial charge is 0.357 e. The van der Waals surface area contributed by atoms with Crippen LogP contribution in [-0.4, -0.2) is 41.6 Å². The first-order chi connectivity index (χ1) is 9.74. The number of hydrogen-bond donors (Lipinski definition) is 2. The van der Waals surface area contributed by atoms with Crippen LogP contribution in [0.4, 0.5) is 17.6 Å². The standard InChI is InChI=1S/C11H13N9/c1-12-9-16-10(15-8-6-14-19(2)7-8)18-11(17-9)20-5-3-4-13-20/h3-7H,1-2H3,(H2,12,15,16,17,18). The summed E-state index contributed by atoms with van der Waals surface area (Å²) in [5.41, 5.74) is 0.798. The Labute approximate surface area is 114 Å². The van der Waals surface area contributed by atoms with E-state index >= 15 is 0 Å². The molecule has 20 heavy (non-hydrogen) atoms. The van der Waals surface area contributed by atoms with Crippen LogP contribution in [0.15, 0.2) is 30.9 Å². The summed E-state index contributed by atoms with van der Waals surface area (Å²) in [5.74, 6) is 1.31. The fourth-order valence-electron chi connectivity index (χ4n) is 1.64. The van der Waals surface area contributed by atoms with Gasteiger partial charge in [0.1, 0.15) is 0 Å². The minimum Gasteiger partial charge on any atom is -0.357 e. The van der Waals surface area contributed by atoms with Crippen LogP contribution in [-0.2, 0) is 7.05 Å². The quantitative estimate of drug-likeness (QED) is 0.716. The first kappa shape index (κ1) is 12.1. The lowest BCUT2D eigenvalue weighted by atomic mass is 10.6. The minimum atomic E-state index is 0.419. The van der Waals surface area contributed by atoms with E-state index in [1.807, 2.05) is 13.2 Å². The molecule has 3 heterocycles. The van der Waals surface area contributed by atoms with Crippen molar-refractivity contribution < 1.29 is 0 Å². The van der Waals surface area contributed by atoms with Gasteiger partial charge in [-0.15, -0.1) is 0 Å². The third-order valence-electron chi connectivity index (χ3n) is 2.52. The molecular weight excluding hydrogens is 258 g/mol. The molecule has 0 saturated heterocycles. The maximum absolute atomic E-state index is 4.32. The highest BCUT2D eigenvalue weighted by Crippen LogP contribution is 2.14. The van der Waals surface area contributed by atoms with Crippen LogP contribution < -0.4 is 10.6 Å². The van der Waals surface area contributed by atoms with E-state index in [4.69, 9.17) is 0 Å². The SMILES string of the molecule is CNc1nc(Nc2cnn(C)c2)nc(-n2cccn2)n1. The predicted octanol–water partition coefficient (Wildman–Crippen LogP) is 0.576. The van der Waals surface area contributed by atoms with E-state index in [1.54, 1.807) is 41.1 Å². The molecule has 0 unspecified atom stereocenters. The first-order valence-electron chi connectivity index (χ1n) is 5.94. The molecule has 102 valence electrons. The highest BCUT2D eigenvalue weighted by Gasteiger charge is 2.08. The van der Waals surface area contributed by atoms with Crippen molar-refractivity contribution in [1.29, 1.82) is 0 Å². The second-order valence-corrected chi connectivity index (χ2v) is 4.01. The van der Waals surface area contributed by atoms with Crippen molar-refractivity contribution in [3.63, 3.8) is 0 Å². The summed E-state index contributed by atoms with van der Waals surface area (Å²) in [5, 5.41) is 14.2. The zero-order valence-corrected chi connectivity index (χ0v) is 11.0. The molecule has 0 atom stereocenters. The van der Waals surface area contributed by atoms with Gasteiger partial charge >= 0.3 is 0 Å². The molecule has 0 spiro atoms. The van der Waals surface area contributed by atoms with Crippen molar-refractivity contribution >= 4 is 17.6 Å². The molecule has 9 heteroatoms. The van der Waals surface area contributed by atoms with Crippen molar-refractivity contribution in [3.8, 4) is 5.95 Å². The van der Waals surface area contributed by atoms with E-state index in [2.05, 4.69) is 35.8 Å². The molecule has 0 aliphatic carbocycles. The van der Waals surface area contributed by atoms with Crippen molar-refractivity contribution in [2.24, 2.45) is 7.05 Å². The topological polar surface area (TPSA) is 98.4 Å². The molecule has 0 aliphatic rings. The van der Waals surface area contributed by atoms with Gasteiger partial charge in [0.05, 0.1) is 11.9 Å². The summed E-state index contributed by atoms with van der Waals surface area (Å²) in [6.07, 6.45) is 6.95. The summed E-state index contributed by atoms with van der Waals surface area (Å²) in [7, 11) is 3.59. The molecule has 3 aromatic rings. The summed E-state index contributed by atoms with van der Waals surface area (Å²) < 4.78 is 3.26. The Hall–Kier alpha value is -2.97. The highest BCUT2D eigenvalue weighted by molar-refractivity contribution is 5.52. The molecule has 3 aromatic heterocycles. The van der Waals surface area contributed by atoms with Crippen LogP contribution in [0.3, 0.4) is 0 Å². The van der Waals surface area contributed by atoms with E-state index in [-0.39, 0.29) is 0 Å². The molecule has 0 bridgehead atoms. The van der Waals surface area contributed by atoms with E-state index < -0.39 is 0 Å². The number of hydrogen-bond acceptors (Lipinski definition) is 7. The Morgan fingerprint density at radius 2 is 1.95 bits per heavy atom. The Balaban J connectivity index is 1.96. The normalized spacial score (nSPS) is 10.5. The molecule has 0 fully saturated rings. The third kappa shape index (κ3) is 2.41. The van der Waals surface area contributed by atoms with Gasteiger partial charge in [0.2, 0.25) is 11.9 Å². The van der Waals surface area contributed by atoms with Gasteiger partial charge in [-0.3, -0.25) is 4.68 Å². The van der Waals surface area contributed by atoms with Gasteiger partial charge in [-0.25, -0.2) is 4.68 Å². The zero-order chi connectivity index (χ0) is 13.9. The summed E-state index contributed by atoms with van der Waals surface area (Å²) in [6.45, 7) is 0. The predicted molar refractivity (Wildman–Crippen MR) is 73.0 cm³/mol. The van der Waals surface area contributed by atoms with Crippen molar-refractivity contribution in [2.45, 2.75) is 0 Å². The van der Waals surface area contributed by atoms with Crippen LogP contribution in [0.2, 0.25) is 0 Å². The lowest BCUT2D eigenvalue weighted by Gasteiger charge is -2.07. The molecule has 0 amide bonds. The van der Waals surface area contributed by atoms with Crippen LogP contribution >= 0.6 is 0 Å². The minimum absolute atomic E-state index is 0.419. The summed E-state index contributed by atoms with van der Waals surface area (Å²) in [4.78, 5) is 12.8. The number of anilines is 3. The molecule has 9 nitrogen and oxygen atoms in total. The van der Waals surface area contributed by atoms with Crippen molar-refractivity contribution in [3.05, 3.63) is 30.9 Å². The average molecular weight is 271 g/mol. The van der Waals surface area contributed by atoms with Crippen molar-refractivity contribution in [1.82, 2.24) is 34.5 Å². The van der Waals surface area contributed by atoms with Crippen LogP contribution in [0.5, 0.6) is 0 Å². The summed E-state index contributed by atoms with van der Waals surface area (Å²) >= 11 is 0. The van der Waals surface area contributed by atoms with Crippen molar-refractivity contribution in [2.75, 3.05) is 17.7 Å². The highest BCUT2D eigenvalue weighted by atomic mass is 15.4. The van der Waals surface area contributed by atoms with E-state index in [0.717, 1.165) is 5.69 Å². The van der Waals surface area contributed by atoms with Gasteiger partial charge < -0.3 is 10.6 Å². The second-order valence-electron chi connectivity index (χ2n) is 4.01. The van der Waals surface area contributed by atoms with Crippen LogP contribution in [0, 0.1) is 0 Å². The summed E-state index contributed by atoms with van der Waals surface area (Å²) in [6, 6.07) is 1.80. The van der Waals surface area contributed by atoms with Gasteiger partial charge in [-0.1, -0.05) is 0 Å². The zero-order valence-electron chi connectivity index (χ0n) is 11.0. The van der Waals surface area contributed by atoms with Crippen LogP contribution in [0.1, 0.15) is 0 Å². The van der Waals surface area contributed by atoms with Gasteiger partial charge in [-0.05, 0) is 6.07 Å². The molecule has 2 N–H and O–H groups in total. The maximum atomic E-state index is 4.32. The Morgan fingerprint density at radius 3 is 2.60 bits per heavy atom.